The van der Waals surface area contributed by atoms with Crippen LogP contribution in [-0.4, -0.2) is 28.5 Å². The number of hydrogen-bond donors (Lipinski definition) is 2. The molecule has 4 rings (SSSR count). The summed E-state index contributed by atoms with van der Waals surface area (Å²) in [6.07, 6.45) is 0. The molecule has 4 aromatic rings. The van der Waals surface area contributed by atoms with Gasteiger partial charge in [-0.2, -0.15) is 0 Å². The Morgan fingerprint density at radius 2 is 1.79 bits per heavy atom. The van der Waals surface area contributed by atoms with Crippen LogP contribution in [0.15, 0.2) is 72.8 Å². The summed E-state index contributed by atoms with van der Waals surface area (Å²) in [5, 5.41) is 5.98. The van der Waals surface area contributed by atoms with E-state index in [9.17, 15) is 9.59 Å². The van der Waals surface area contributed by atoms with Crippen molar-refractivity contribution in [3.05, 3.63) is 95.3 Å². The highest BCUT2D eigenvalue weighted by molar-refractivity contribution is 5.94. The SMILES string of the molecule is COc1ccc(CNC(=O)Cn2c(C(C)NC(=O)c3cccc(C)c3)nc3ccccc32)cc1. The number of carbonyl (C=O) groups is 2. The maximum Gasteiger partial charge on any atom is 0.251 e. The van der Waals surface area contributed by atoms with Gasteiger partial charge >= 0.3 is 0 Å². The third kappa shape index (κ3) is 5.26. The van der Waals surface area contributed by atoms with E-state index in [1.165, 1.54) is 0 Å². The molecular weight excluding hydrogens is 428 g/mol. The molecule has 34 heavy (non-hydrogen) atoms. The predicted molar refractivity (Wildman–Crippen MR) is 132 cm³/mol. The highest BCUT2D eigenvalue weighted by atomic mass is 16.5. The summed E-state index contributed by atoms with van der Waals surface area (Å²) >= 11 is 0. The molecule has 7 nitrogen and oxygen atoms in total. The zero-order valence-electron chi connectivity index (χ0n) is 19.5. The maximum absolute atomic E-state index is 12.8. The first-order valence-electron chi connectivity index (χ1n) is 11.2. The lowest BCUT2D eigenvalue weighted by molar-refractivity contribution is -0.121. The molecule has 0 aliphatic carbocycles. The number of rotatable bonds is 8. The van der Waals surface area contributed by atoms with Gasteiger partial charge in [0.1, 0.15) is 18.1 Å². The van der Waals surface area contributed by atoms with Crippen LogP contribution in [0.3, 0.4) is 0 Å². The van der Waals surface area contributed by atoms with Gasteiger partial charge in [-0.1, -0.05) is 42.0 Å². The Kier molecular flexibility index (Phi) is 6.92. The second kappa shape index (κ2) is 10.2. The fourth-order valence-electron chi connectivity index (χ4n) is 3.87. The van der Waals surface area contributed by atoms with E-state index in [1.54, 1.807) is 13.2 Å². The fraction of sp³-hybridized carbons (Fsp3) is 0.222. The van der Waals surface area contributed by atoms with Gasteiger partial charge < -0.3 is 19.9 Å². The van der Waals surface area contributed by atoms with Gasteiger partial charge in [0.15, 0.2) is 0 Å². The zero-order valence-corrected chi connectivity index (χ0v) is 19.5. The van der Waals surface area contributed by atoms with Crippen LogP contribution in [0.1, 0.15) is 40.3 Å². The van der Waals surface area contributed by atoms with Gasteiger partial charge in [-0.15, -0.1) is 0 Å². The minimum absolute atomic E-state index is 0.0939. The van der Waals surface area contributed by atoms with Crippen molar-refractivity contribution < 1.29 is 14.3 Å². The van der Waals surface area contributed by atoms with Gasteiger partial charge in [-0.3, -0.25) is 9.59 Å². The van der Waals surface area contributed by atoms with Crippen molar-refractivity contribution in [1.82, 2.24) is 20.2 Å². The van der Waals surface area contributed by atoms with Crippen molar-refractivity contribution in [2.45, 2.75) is 33.0 Å². The molecule has 0 bridgehead atoms. The number of para-hydroxylation sites is 2. The molecule has 0 saturated carbocycles. The predicted octanol–water partition coefficient (Wildman–Crippen LogP) is 4.16. The van der Waals surface area contributed by atoms with E-state index in [2.05, 4.69) is 10.6 Å². The Morgan fingerprint density at radius 1 is 1.03 bits per heavy atom. The van der Waals surface area contributed by atoms with Crippen molar-refractivity contribution in [2.75, 3.05) is 7.11 Å². The molecule has 0 radical (unpaired) electrons. The van der Waals surface area contributed by atoms with Crippen molar-refractivity contribution in [3.63, 3.8) is 0 Å². The molecule has 1 unspecified atom stereocenters. The Hall–Kier alpha value is -4.13. The number of ether oxygens (including phenoxy) is 1. The van der Waals surface area contributed by atoms with Crippen LogP contribution >= 0.6 is 0 Å². The van der Waals surface area contributed by atoms with Crippen molar-refractivity contribution >= 4 is 22.8 Å². The lowest BCUT2D eigenvalue weighted by atomic mass is 10.1. The Balaban J connectivity index is 1.51. The summed E-state index contributed by atoms with van der Waals surface area (Å²) in [7, 11) is 1.62. The minimum atomic E-state index is -0.394. The molecule has 1 heterocycles. The van der Waals surface area contributed by atoms with Crippen LogP contribution in [0.5, 0.6) is 5.75 Å². The van der Waals surface area contributed by atoms with Crippen molar-refractivity contribution in [3.8, 4) is 5.75 Å². The van der Waals surface area contributed by atoms with Crippen LogP contribution in [0.2, 0.25) is 0 Å². The second-order valence-corrected chi connectivity index (χ2v) is 8.23. The lowest BCUT2D eigenvalue weighted by Gasteiger charge is -2.16. The van der Waals surface area contributed by atoms with Crippen LogP contribution < -0.4 is 15.4 Å². The number of benzene rings is 3. The number of carbonyl (C=O) groups excluding carboxylic acids is 2. The van der Waals surface area contributed by atoms with E-state index in [0.717, 1.165) is 27.9 Å². The van der Waals surface area contributed by atoms with Gasteiger partial charge in [-0.25, -0.2) is 4.98 Å². The number of methoxy groups -OCH3 is 1. The number of nitrogens with zero attached hydrogens (tertiary/aromatic N) is 2. The molecule has 2 N–H and O–H groups in total. The van der Waals surface area contributed by atoms with E-state index >= 15 is 0 Å². The van der Waals surface area contributed by atoms with Crippen molar-refractivity contribution in [2.24, 2.45) is 0 Å². The molecule has 1 atom stereocenters. The molecule has 0 spiro atoms. The van der Waals surface area contributed by atoms with E-state index in [-0.39, 0.29) is 18.4 Å². The highest BCUT2D eigenvalue weighted by Crippen LogP contribution is 2.21. The van der Waals surface area contributed by atoms with E-state index in [4.69, 9.17) is 9.72 Å². The number of amides is 2. The van der Waals surface area contributed by atoms with Crippen LogP contribution in [-0.2, 0) is 17.9 Å². The summed E-state index contributed by atoms with van der Waals surface area (Å²) in [5.74, 6) is 1.07. The average molecular weight is 457 g/mol. The van der Waals surface area contributed by atoms with E-state index < -0.39 is 6.04 Å². The van der Waals surface area contributed by atoms with Crippen molar-refractivity contribution in [1.29, 1.82) is 0 Å². The van der Waals surface area contributed by atoms with Gasteiger partial charge in [0.2, 0.25) is 5.91 Å². The standard InChI is InChI=1S/C27H28N4O3/c1-18-7-6-8-21(15-18)27(33)29-19(2)26-30-23-9-4-5-10-24(23)31(26)17-25(32)28-16-20-11-13-22(34-3)14-12-20/h4-15,19H,16-17H2,1-3H3,(H,28,32)(H,29,33). The lowest BCUT2D eigenvalue weighted by Crippen LogP contribution is -2.31. The highest BCUT2D eigenvalue weighted by Gasteiger charge is 2.20. The normalized spacial score (nSPS) is 11.7. The molecule has 174 valence electrons. The molecular formula is C27H28N4O3. The third-order valence-electron chi connectivity index (χ3n) is 5.65. The number of aryl methyl sites for hydroxylation is 1. The molecule has 0 aliphatic heterocycles. The Labute approximate surface area is 198 Å². The minimum Gasteiger partial charge on any atom is -0.497 e. The molecule has 2 amide bonds. The zero-order chi connectivity index (χ0) is 24.1. The van der Waals surface area contributed by atoms with Gasteiger partial charge in [0.05, 0.1) is 24.2 Å². The summed E-state index contributed by atoms with van der Waals surface area (Å²) in [6.45, 7) is 4.33. The first-order valence-corrected chi connectivity index (χ1v) is 11.2. The molecule has 3 aromatic carbocycles. The first-order chi connectivity index (χ1) is 16.4. The van der Waals surface area contributed by atoms with Crippen LogP contribution in [0, 0.1) is 6.92 Å². The number of nitrogens with one attached hydrogen (secondary N) is 2. The fourth-order valence-corrected chi connectivity index (χ4v) is 3.87. The Bertz CT molecular complexity index is 1310. The maximum atomic E-state index is 12.8. The second-order valence-electron chi connectivity index (χ2n) is 8.23. The van der Waals surface area contributed by atoms with Gasteiger partial charge in [-0.05, 0) is 55.8 Å². The topological polar surface area (TPSA) is 85.2 Å². The molecule has 1 aromatic heterocycles. The van der Waals surface area contributed by atoms with E-state index in [1.807, 2.05) is 85.1 Å². The third-order valence-corrected chi connectivity index (χ3v) is 5.65. The largest absolute Gasteiger partial charge is 0.497 e. The number of imidazole rings is 1. The molecule has 0 saturated heterocycles. The number of aromatic nitrogens is 2. The van der Waals surface area contributed by atoms with Crippen LogP contribution in [0.4, 0.5) is 0 Å². The first kappa shape index (κ1) is 23.0. The van der Waals surface area contributed by atoms with E-state index in [0.29, 0.717) is 17.9 Å². The summed E-state index contributed by atoms with van der Waals surface area (Å²) in [5.41, 5.74) is 4.20. The van der Waals surface area contributed by atoms with Gasteiger partial charge in [0, 0.05) is 12.1 Å². The monoisotopic (exact) mass is 456 g/mol. The smallest absolute Gasteiger partial charge is 0.251 e. The molecule has 0 fully saturated rings. The quantitative estimate of drug-likeness (QED) is 0.417. The average Bonchev–Trinajstić information content (AvgIpc) is 3.21. The summed E-state index contributed by atoms with van der Waals surface area (Å²) in [4.78, 5) is 30.4. The molecule has 7 heteroatoms. The summed E-state index contributed by atoms with van der Waals surface area (Å²) in [6, 6.07) is 22.2. The van der Waals surface area contributed by atoms with Crippen LogP contribution in [0.25, 0.3) is 11.0 Å². The number of hydrogen-bond acceptors (Lipinski definition) is 4. The number of fused-ring (bicyclic) bond motifs is 1. The van der Waals surface area contributed by atoms with Gasteiger partial charge in [0.25, 0.3) is 5.91 Å². The summed E-state index contributed by atoms with van der Waals surface area (Å²) < 4.78 is 7.04. The Morgan fingerprint density at radius 3 is 2.53 bits per heavy atom. The molecule has 0 aliphatic rings.